The lowest BCUT2D eigenvalue weighted by atomic mass is 10.0. The van der Waals surface area contributed by atoms with Crippen molar-refractivity contribution < 1.29 is 15.0 Å². The zero-order valence-electron chi connectivity index (χ0n) is 18.1. The minimum atomic E-state index is -1.21. The number of carboxylic acids is 1. The lowest BCUT2D eigenvalue weighted by molar-refractivity contribution is 0.0691. The van der Waals surface area contributed by atoms with Gasteiger partial charge in [-0.05, 0) is 49.7 Å². The van der Waals surface area contributed by atoms with Crippen molar-refractivity contribution >= 4 is 34.2 Å². The summed E-state index contributed by atoms with van der Waals surface area (Å²) in [5.74, 6) is -0.739. The molecule has 2 aromatic carbocycles. The zero-order chi connectivity index (χ0) is 23.9. The summed E-state index contributed by atoms with van der Waals surface area (Å²) in [6, 6.07) is 12.9. The number of fused-ring (bicyclic) bond motifs is 1. The Morgan fingerprint density at radius 1 is 1.15 bits per heavy atom. The van der Waals surface area contributed by atoms with Crippen LogP contribution in [0.15, 0.2) is 53.3 Å². The Kier molecular flexibility index (Phi) is 5.78. The van der Waals surface area contributed by atoms with Crippen LogP contribution in [0.1, 0.15) is 34.6 Å². The highest BCUT2D eigenvalue weighted by Gasteiger charge is 2.20. The number of benzene rings is 2. The standard InChI is InChI=1S/C24H21ClN4O4/c1-12-9-16(13(2)26-18-7-8-19(25)27-21(18)24(32)33)20-17(10-12)23(31)29(3)22(28-20)14-5-4-6-15(30)11-14/h4-11,13,26,30H,1-3H3,(H,32,33)/t13-/m1/s1. The molecule has 2 aromatic heterocycles. The molecule has 0 amide bonds. The van der Waals surface area contributed by atoms with Crippen LogP contribution in [0.4, 0.5) is 5.69 Å². The lowest BCUT2D eigenvalue weighted by Gasteiger charge is -2.20. The highest BCUT2D eigenvalue weighted by atomic mass is 35.5. The molecule has 0 aliphatic heterocycles. The topological polar surface area (TPSA) is 117 Å². The van der Waals surface area contributed by atoms with Crippen molar-refractivity contribution in [2.24, 2.45) is 7.05 Å². The summed E-state index contributed by atoms with van der Waals surface area (Å²) in [6.45, 7) is 3.73. The maximum Gasteiger partial charge on any atom is 0.356 e. The third kappa shape index (κ3) is 4.25. The van der Waals surface area contributed by atoms with Crippen molar-refractivity contribution in [3.05, 3.63) is 80.9 Å². The van der Waals surface area contributed by atoms with Crippen LogP contribution in [0.5, 0.6) is 5.75 Å². The minimum absolute atomic E-state index is 0.0671. The molecule has 3 N–H and O–H groups in total. The number of hydrogen-bond donors (Lipinski definition) is 3. The van der Waals surface area contributed by atoms with E-state index in [4.69, 9.17) is 16.6 Å². The van der Waals surface area contributed by atoms with Crippen molar-refractivity contribution in [2.45, 2.75) is 19.9 Å². The maximum absolute atomic E-state index is 13.2. The number of nitrogens with zero attached hydrogens (tertiary/aromatic N) is 3. The Hall–Kier alpha value is -3.91. The van der Waals surface area contributed by atoms with Crippen LogP contribution in [0, 0.1) is 6.92 Å². The molecule has 0 spiro atoms. The number of phenols is 1. The Morgan fingerprint density at radius 3 is 2.61 bits per heavy atom. The van der Waals surface area contributed by atoms with E-state index in [1.54, 1.807) is 43.4 Å². The van der Waals surface area contributed by atoms with E-state index < -0.39 is 12.0 Å². The summed E-state index contributed by atoms with van der Waals surface area (Å²) < 4.78 is 1.45. The summed E-state index contributed by atoms with van der Waals surface area (Å²) in [5.41, 5.74) is 2.54. The number of carboxylic acid groups (broad SMARTS) is 1. The van der Waals surface area contributed by atoms with Crippen molar-refractivity contribution in [1.82, 2.24) is 14.5 Å². The second-order valence-electron chi connectivity index (χ2n) is 7.80. The molecule has 0 bridgehead atoms. The van der Waals surface area contributed by atoms with Gasteiger partial charge in [0.2, 0.25) is 0 Å². The normalized spacial score (nSPS) is 12.0. The first-order chi connectivity index (χ1) is 15.7. The second-order valence-corrected chi connectivity index (χ2v) is 8.19. The third-order valence-electron chi connectivity index (χ3n) is 5.36. The van der Waals surface area contributed by atoms with Gasteiger partial charge in [-0.15, -0.1) is 0 Å². The minimum Gasteiger partial charge on any atom is -0.508 e. The Bertz CT molecular complexity index is 1470. The SMILES string of the molecule is Cc1cc([C@@H](C)Nc2ccc(Cl)nc2C(=O)O)c2nc(-c3cccc(O)c3)n(C)c(=O)c2c1. The summed E-state index contributed by atoms with van der Waals surface area (Å²) >= 11 is 5.87. The van der Waals surface area contributed by atoms with Gasteiger partial charge < -0.3 is 15.5 Å². The van der Waals surface area contributed by atoms with E-state index in [0.717, 1.165) is 11.1 Å². The molecule has 2 heterocycles. The van der Waals surface area contributed by atoms with Crippen LogP contribution in [0.25, 0.3) is 22.3 Å². The predicted molar refractivity (Wildman–Crippen MR) is 127 cm³/mol. The van der Waals surface area contributed by atoms with Gasteiger partial charge in [0, 0.05) is 18.2 Å². The number of carbonyl (C=O) groups is 1. The van der Waals surface area contributed by atoms with Crippen LogP contribution in [-0.4, -0.2) is 30.7 Å². The molecule has 1 atom stereocenters. The van der Waals surface area contributed by atoms with Crippen LogP contribution in [-0.2, 0) is 7.05 Å². The van der Waals surface area contributed by atoms with Gasteiger partial charge in [0.25, 0.3) is 5.56 Å². The van der Waals surface area contributed by atoms with E-state index in [2.05, 4.69) is 10.3 Å². The molecule has 0 unspecified atom stereocenters. The fourth-order valence-electron chi connectivity index (χ4n) is 3.81. The number of aromatic carboxylic acids is 1. The van der Waals surface area contributed by atoms with E-state index in [9.17, 15) is 19.8 Å². The Morgan fingerprint density at radius 2 is 1.91 bits per heavy atom. The fraction of sp³-hybridized carbons (Fsp3) is 0.167. The quantitative estimate of drug-likeness (QED) is 0.371. The summed E-state index contributed by atoms with van der Waals surface area (Å²) in [5, 5.41) is 23.1. The molecular formula is C24H21ClN4O4. The van der Waals surface area contributed by atoms with Gasteiger partial charge >= 0.3 is 5.97 Å². The number of aromatic hydroxyl groups is 1. The molecule has 0 saturated heterocycles. The van der Waals surface area contributed by atoms with E-state index in [0.29, 0.717) is 28.0 Å². The smallest absolute Gasteiger partial charge is 0.356 e. The van der Waals surface area contributed by atoms with Crippen molar-refractivity contribution in [2.75, 3.05) is 5.32 Å². The van der Waals surface area contributed by atoms with E-state index in [1.807, 2.05) is 19.9 Å². The monoisotopic (exact) mass is 464 g/mol. The Labute approximate surface area is 194 Å². The highest BCUT2D eigenvalue weighted by molar-refractivity contribution is 6.29. The molecule has 4 rings (SSSR count). The summed E-state index contributed by atoms with van der Waals surface area (Å²) in [7, 11) is 1.64. The highest BCUT2D eigenvalue weighted by Crippen LogP contribution is 2.30. The molecule has 9 heteroatoms. The molecule has 8 nitrogen and oxygen atoms in total. The molecule has 0 aliphatic rings. The lowest BCUT2D eigenvalue weighted by Crippen LogP contribution is -2.22. The third-order valence-corrected chi connectivity index (χ3v) is 5.57. The van der Waals surface area contributed by atoms with E-state index in [1.165, 1.54) is 10.6 Å². The van der Waals surface area contributed by atoms with Gasteiger partial charge in [-0.25, -0.2) is 14.8 Å². The molecule has 168 valence electrons. The second kappa shape index (κ2) is 8.55. The van der Waals surface area contributed by atoms with Crippen molar-refractivity contribution in [3.63, 3.8) is 0 Å². The van der Waals surface area contributed by atoms with E-state index in [-0.39, 0.29) is 22.2 Å². The molecular weight excluding hydrogens is 444 g/mol. The predicted octanol–water partition coefficient (Wildman–Crippen LogP) is 4.53. The number of phenolic OH excluding ortho intramolecular Hbond substituents is 1. The first kappa shape index (κ1) is 22.3. The number of anilines is 1. The van der Waals surface area contributed by atoms with Crippen LogP contribution in [0.2, 0.25) is 5.15 Å². The van der Waals surface area contributed by atoms with Crippen LogP contribution >= 0.6 is 11.6 Å². The van der Waals surface area contributed by atoms with Gasteiger partial charge in [0.15, 0.2) is 5.69 Å². The largest absolute Gasteiger partial charge is 0.508 e. The van der Waals surface area contributed by atoms with Crippen LogP contribution < -0.4 is 10.9 Å². The van der Waals surface area contributed by atoms with Gasteiger partial charge in [-0.1, -0.05) is 29.8 Å². The molecule has 0 radical (unpaired) electrons. The van der Waals surface area contributed by atoms with Gasteiger partial charge in [0.05, 0.1) is 22.6 Å². The fourth-order valence-corrected chi connectivity index (χ4v) is 3.96. The number of nitrogens with one attached hydrogen (secondary N) is 1. The van der Waals surface area contributed by atoms with Crippen molar-refractivity contribution in [3.8, 4) is 17.1 Å². The summed E-state index contributed by atoms with van der Waals surface area (Å²) in [6.07, 6.45) is 0. The number of aromatic nitrogens is 3. The number of hydrogen-bond acceptors (Lipinski definition) is 6. The zero-order valence-corrected chi connectivity index (χ0v) is 18.9. The molecule has 0 fully saturated rings. The summed E-state index contributed by atoms with van der Waals surface area (Å²) in [4.78, 5) is 33.5. The number of aryl methyl sites for hydroxylation is 1. The van der Waals surface area contributed by atoms with Gasteiger partial charge in [0.1, 0.15) is 16.7 Å². The first-order valence-corrected chi connectivity index (χ1v) is 10.5. The number of pyridine rings is 1. The number of halogens is 1. The number of rotatable bonds is 5. The average Bonchev–Trinajstić information content (AvgIpc) is 2.77. The Balaban J connectivity index is 1.89. The maximum atomic E-state index is 13.2. The van der Waals surface area contributed by atoms with Gasteiger partial charge in [-0.2, -0.15) is 0 Å². The molecule has 4 aromatic rings. The average molecular weight is 465 g/mol. The first-order valence-electron chi connectivity index (χ1n) is 10.1. The molecule has 0 aliphatic carbocycles. The van der Waals surface area contributed by atoms with Crippen molar-refractivity contribution in [1.29, 1.82) is 0 Å². The molecule has 33 heavy (non-hydrogen) atoms. The van der Waals surface area contributed by atoms with E-state index >= 15 is 0 Å². The molecule has 0 saturated carbocycles. The van der Waals surface area contributed by atoms with Crippen LogP contribution in [0.3, 0.4) is 0 Å². The van der Waals surface area contributed by atoms with Gasteiger partial charge in [-0.3, -0.25) is 9.36 Å².